The van der Waals surface area contributed by atoms with E-state index in [0.717, 1.165) is 61.9 Å². The molecule has 2 fully saturated rings. The Morgan fingerprint density at radius 1 is 1.06 bits per heavy atom. The van der Waals surface area contributed by atoms with Gasteiger partial charge in [0.05, 0.1) is 30.8 Å². The average molecular weight is 859 g/mol. The maximum atomic E-state index is 13.6. The standard InChI is InChI=1S/C45H53F3N8O6/c1-26(28-18-29(45(46,47)48)20-30(49)19-28)51-41-32-21-38(37(61-4)22-35(32)52-27(2)53-41)62-25-44(15-16-44)24-55(3)40(58)12-7-5-6-8-17-50-34-11-9-10-31-33(34)23-56(43(31)60)36-13-14-39(57)54-42(36)59/h9-11,18-22,26,36,50H,5-8,12-17,23-25,49H2,1-4H3,(H,51,52,53)(H,54,57,59)/t26-,36?/m1/s1. The lowest BCUT2D eigenvalue weighted by Gasteiger charge is -2.29. The number of nitrogens with zero attached hydrogens (tertiary/aromatic N) is 4. The summed E-state index contributed by atoms with van der Waals surface area (Å²) in [5.74, 6) is 0.929. The summed E-state index contributed by atoms with van der Waals surface area (Å²) in [6.07, 6.45) is 1.66. The van der Waals surface area contributed by atoms with Crippen LogP contribution in [-0.4, -0.2) is 83.3 Å². The highest BCUT2D eigenvalue weighted by Crippen LogP contribution is 2.47. The van der Waals surface area contributed by atoms with Gasteiger partial charge in [0.25, 0.3) is 5.91 Å². The molecule has 1 unspecified atom stereocenters. The third-order valence-electron chi connectivity index (χ3n) is 12.0. The first-order chi connectivity index (χ1) is 29.5. The van der Waals surface area contributed by atoms with Crippen molar-refractivity contribution in [1.82, 2.24) is 25.1 Å². The molecular formula is C45H53F3N8O6. The van der Waals surface area contributed by atoms with Gasteiger partial charge in [-0.3, -0.25) is 24.5 Å². The van der Waals surface area contributed by atoms with Crippen LogP contribution in [0, 0.1) is 12.3 Å². The number of rotatable bonds is 18. The van der Waals surface area contributed by atoms with Crippen LogP contribution >= 0.6 is 0 Å². The van der Waals surface area contributed by atoms with Crippen molar-refractivity contribution in [1.29, 1.82) is 0 Å². The van der Waals surface area contributed by atoms with Gasteiger partial charge in [0.1, 0.15) is 17.7 Å². The van der Waals surface area contributed by atoms with Crippen LogP contribution < -0.4 is 31.2 Å². The van der Waals surface area contributed by atoms with Crippen LogP contribution in [0.2, 0.25) is 0 Å². The minimum atomic E-state index is -4.54. The van der Waals surface area contributed by atoms with Crippen molar-refractivity contribution < 1.29 is 41.8 Å². The van der Waals surface area contributed by atoms with E-state index in [-0.39, 0.29) is 35.2 Å². The van der Waals surface area contributed by atoms with Gasteiger partial charge >= 0.3 is 6.18 Å². The fourth-order valence-corrected chi connectivity index (χ4v) is 8.28. The number of amides is 4. The van der Waals surface area contributed by atoms with E-state index >= 15 is 0 Å². The van der Waals surface area contributed by atoms with Crippen LogP contribution in [0.1, 0.15) is 104 Å². The highest BCUT2D eigenvalue weighted by atomic mass is 19.4. The number of ether oxygens (including phenoxy) is 2. The van der Waals surface area contributed by atoms with Crippen LogP contribution in [0.3, 0.4) is 0 Å². The number of hydrogen-bond donors (Lipinski definition) is 4. The maximum absolute atomic E-state index is 13.6. The summed E-state index contributed by atoms with van der Waals surface area (Å²) >= 11 is 0. The molecule has 330 valence electrons. The summed E-state index contributed by atoms with van der Waals surface area (Å²) in [7, 11) is 3.36. The van der Waals surface area contributed by atoms with Crippen LogP contribution in [0.4, 0.5) is 30.4 Å². The van der Waals surface area contributed by atoms with Crippen LogP contribution in [0.25, 0.3) is 10.9 Å². The lowest BCUT2D eigenvalue weighted by molar-refractivity contribution is -0.138. The summed E-state index contributed by atoms with van der Waals surface area (Å²) in [6.45, 7) is 5.36. The second-order valence-electron chi connectivity index (χ2n) is 16.8. The normalized spacial score (nSPS) is 17.4. The molecule has 1 saturated carbocycles. The first-order valence-electron chi connectivity index (χ1n) is 21.0. The number of aryl methyl sites for hydroxylation is 1. The summed E-state index contributed by atoms with van der Waals surface area (Å²) in [5, 5.41) is 9.64. The van der Waals surface area contributed by atoms with Crippen LogP contribution in [0.15, 0.2) is 48.5 Å². The van der Waals surface area contributed by atoms with Gasteiger partial charge in [-0.15, -0.1) is 0 Å². The number of carbonyl (C=O) groups excluding carboxylic acids is 4. The first kappa shape index (κ1) is 43.9. The van der Waals surface area contributed by atoms with E-state index < -0.39 is 29.7 Å². The van der Waals surface area contributed by atoms with Gasteiger partial charge in [0.15, 0.2) is 11.5 Å². The van der Waals surface area contributed by atoms with Crippen molar-refractivity contribution in [3.63, 3.8) is 0 Å². The molecule has 17 heteroatoms. The molecule has 3 aliphatic rings. The second kappa shape index (κ2) is 18.1. The number of unbranched alkanes of at least 4 members (excludes halogenated alkanes) is 3. The van der Waals surface area contributed by atoms with Crippen LogP contribution in [-0.2, 0) is 27.1 Å². The molecule has 1 aliphatic carbocycles. The molecule has 1 aromatic heterocycles. The van der Waals surface area contributed by atoms with E-state index in [0.29, 0.717) is 84.3 Å². The monoisotopic (exact) mass is 858 g/mol. The molecule has 5 N–H and O–H groups in total. The van der Waals surface area contributed by atoms with E-state index in [1.54, 1.807) is 41.8 Å². The number of carbonyl (C=O) groups is 4. The van der Waals surface area contributed by atoms with Gasteiger partial charge < -0.3 is 35.6 Å². The maximum Gasteiger partial charge on any atom is 0.416 e. The predicted molar refractivity (Wildman–Crippen MR) is 228 cm³/mol. The number of halogens is 3. The van der Waals surface area contributed by atoms with Crippen molar-refractivity contribution in [3.8, 4) is 11.5 Å². The number of nitrogen functional groups attached to an aromatic ring is 1. The number of hydrogen-bond acceptors (Lipinski definition) is 11. The van der Waals surface area contributed by atoms with E-state index in [4.69, 9.17) is 15.2 Å². The van der Waals surface area contributed by atoms with E-state index in [9.17, 15) is 32.3 Å². The zero-order chi connectivity index (χ0) is 44.3. The van der Waals surface area contributed by atoms with E-state index in [2.05, 4.69) is 25.9 Å². The van der Waals surface area contributed by atoms with Crippen molar-refractivity contribution in [2.45, 2.75) is 96.4 Å². The predicted octanol–water partition coefficient (Wildman–Crippen LogP) is 7.16. The van der Waals surface area contributed by atoms with E-state index in [1.807, 2.05) is 19.2 Å². The zero-order valence-corrected chi connectivity index (χ0v) is 35.4. The average Bonchev–Trinajstić information content (AvgIpc) is 3.91. The lowest BCUT2D eigenvalue weighted by Crippen LogP contribution is -2.52. The number of anilines is 3. The zero-order valence-electron chi connectivity index (χ0n) is 35.4. The molecular weight excluding hydrogens is 806 g/mol. The molecule has 1 saturated heterocycles. The number of benzene rings is 3. The largest absolute Gasteiger partial charge is 0.493 e. The number of nitrogens with two attached hydrogens (primary N) is 1. The smallest absolute Gasteiger partial charge is 0.416 e. The number of aromatic nitrogens is 2. The van der Waals surface area contributed by atoms with Gasteiger partial charge in [0.2, 0.25) is 17.7 Å². The second-order valence-corrected chi connectivity index (χ2v) is 16.8. The third-order valence-corrected chi connectivity index (χ3v) is 12.0. The number of imide groups is 1. The molecule has 3 heterocycles. The molecule has 7 rings (SSSR count). The Balaban J connectivity index is 0.875. The van der Waals surface area contributed by atoms with Gasteiger partial charge in [0, 0.05) is 78.9 Å². The molecule has 4 aromatic rings. The third kappa shape index (κ3) is 9.97. The molecule has 14 nitrogen and oxygen atoms in total. The number of fused-ring (bicyclic) bond motifs is 2. The fourth-order valence-electron chi connectivity index (χ4n) is 8.28. The van der Waals surface area contributed by atoms with E-state index in [1.165, 1.54) is 13.2 Å². The molecule has 3 aromatic carbocycles. The highest BCUT2D eigenvalue weighted by molar-refractivity contribution is 6.06. The van der Waals surface area contributed by atoms with Gasteiger partial charge in [-0.2, -0.15) is 13.2 Å². The Labute approximate surface area is 358 Å². The molecule has 0 radical (unpaired) electrons. The minimum absolute atomic E-state index is 0.00646. The SMILES string of the molecule is COc1cc2nc(C)nc(N[C@H](C)c3cc(N)cc(C(F)(F)F)c3)c2cc1OCC1(CN(C)C(=O)CCCCCCNc2cccc3c2CN(C2CCC(=O)NC2=O)C3=O)CC1. The Morgan fingerprint density at radius 2 is 1.84 bits per heavy atom. The Bertz CT molecular complexity index is 2370. The van der Waals surface area contributed by atoms with Crippen molar-refractivity contribution >= 4 is 51.7 Å². The molecule has 2 aliphatic heterocycles. The van der Waals surface area contributed by atoms with Crippen molar-refractivity contribution in [2.75, 3.05) is 50.2 Å². The Morgan fingerprint density at radius 3 is 2.56 bits per heavy atom. The molecule has 62 heavy (non-hydrogen) atoms. The Hall–Kier alpha value is -6.13. The summed E-state index contributed by atoms with van der Waals surface area (Å²) in [4.78, 5) is 62.9. The summed E-state index contributed by atoms with van der Waals surface area (Å²) in [5.41, 5.74) is 8.02. The summed E-state index contributed by atoms with van der Waals surface area (Å²) < 4.78 is 52.7. The molecule has 0 spiro atoms. The molecule has 0 bridgehead atoms. The number of alkyl halides is 3. The number of methoxy groups -OCH3 is 1. The van der Waals surface area contributed by atoms with Crippen molar-refractivity contribution in [2.24, 2.45) is 5.41 Å². The van der Waals surface area contributed by atoms with Gasteiger partial charge in [-0.25, -0.2) is 9.97 Å². The number of piperidine rings is 1. The topological polar surface area (TPSA) is 181 Å². The summed E-state index contributed by atoms with van der Waals surface area (Å²) in [6, 6.07) is 11.3. The van der Waals surface area contributed by atoms with Crippen LogP contribution in [0.5, 0.6) is 11.5 Å². The first-order valence-corrected chi connectivity index (χ1v) is 21.0. The lowest BCUT2D eigenvalue weighted by atomic mass is 10.0. The number of nitrogens with one attached hydrogen (secondary N) is 3. The fraction of sp³-hybridized carbons (Fsp3) is 0.467. The quantitative estimate of drug-likeness (QED) is 0.0453. The van der Waals surface area contributed by atoms with Gasteiger partial charge in [-0.1, -0.05) is 18.9 Å². The van der Waals surface area contributed by atoms with Gasteiger partial charge in [-0.05, 0) is 87.9 Å². The van der Waals surface area contributed by atoms with Crippen molar-refractivity contribution in [3.05, 3.63) is 76.6 Å². The minimum Gasteiger partial charge on any atom is -0.493 e. The Kier molecular flexibility index (Phi) is 12.8. The highest BCUT2D eigenvalue weighted by Gasteiger charge is 2.45. The molecule has 2 atom stereocenters. The molecule has 4 amide bonds.